The van der Waals surface area contributed by atoms with E-state index in [2.05, 4.69) is 16.0 Å². The summed E-state index contributed by atoms with van der Waals surface area (Å²) in [5, 5.41) is 9.61. The normalized spacial score (nSPS) is 21.2. The Balaban J connectivity index is 2.05. The van der Waals surface area contributed by atoms with Gasteiger partial charge in [-0.05, 0) is 53.1 Å². The first-order valence-electron chi connectivity index (χ1n) is 6.88. The fourth-order valence-electron chi connectivity index (χ4n) is 1.98. The molecular weight excluding hydrogens is 230 g/mol. The molecule has 5 nitrogen and oxygen atoms in total. The zero-order valence-corrected chi connectivity index (χ0v) is 11.8. The summed E-state index contributed by atoms with van der Waals surface area (Å²) in [4.78, 5) is 11.4. The highest BCUT2D eigenvalue weighted by Crippen LogP contribution is 2.06. The van der Waals surface area contributed by atoms with Crippen molar-refractivity contribution in [3.05, 3.63) is 0 Å². The number of carbonyl (C=O) groups is 1. The molecule has 1 aliphatic rings. The van der Waals surface area contributed by atoms with Gasteiger partial charge in [0.25, 0.3) is 0 Å². The van der Waals surface area contributed by atoms with Crippen LogP contribution in [0.15, 0.2) is 0 Å². The molecule has 1 fully saturated rings. The van der Waals surface area contributed by atoms with Gasteiger partial charge in [-0.15, -0.1) is 0 Å². The number of hydrogen-bond donors (Lipinski definition) is 3. The minimum atomic E-state index is -0.426. The Kier molecular flexibility index (Phi) is 6.43. The maximum absolute atomic E-state index is 11.4. The summed E-state index contributed by atoms with van der Waals surface area (Å²) >= 11 is 0. The molecule has 0 saturated carbocycles. The SMILES string of the molecule is CC(C)(C)OC(=O)NCCNC1CCCNCC1. The van der Waals surface area contributed by atoms with Gasteiger partial charge in [-0.1, -0.05) is 0 Å². The molecule has 106 valence electrons. The minimum Gasteiger partial charge on any atom is -0.444 e. The van der Waals surface area contributed by atoms with Crippen LogP contribution in [0.1, 0.15) is 40.0 Å². The number of nitrogens with one attached hydrogen (secondary N) is 3. The van der Waals surface area contributed by atoms with Crippen LogP contribution in [-0.2, 0) is 4.74 Å². The third-order valence-electron chi connectivity index (χ3n) is 2.80. The third-order valence-corrected chi connectivity index (χ3v) is 2.80. The predicted octanol–water partition coefficient (Wildman–Crippen LogP) is 1.24. The number of carbonyl (C=O) groups excluding carboxylic acids is 1. The lowest BCUT2D eigenvalue weighted by molar-refractivity contribution is 0.0528. The lowest BCUT2D eigenvalue weighted by Crippen LogP contribution is -2.39. The molecule has 0 aliphatic carbocycles. The second kappa shape index (κ2) is 7.59. The first kappa shape index (κ1) is 15.2. The Morgan fingerprint density at radius 2 is 2.06 bits per heavy atom. The maximum atomic E-state index is 11.4. The molecule has 1 unspecified atom stereocenters. The molecule has 0 bridgehead atoms. The monoisotopic (exact) mass is 257 g/mol. The van der Waals surface area contributed by atoms with Crippen LogP contribution in [-0.4, -0.2) is 43.9 Å². The summed E-state index contributed by atoms with van der Waals surface area (Å²) in [5.74, 6) is 0. The van der Waals surface area contributed by atoms with Gasteiger partial charge >= 0.3 is 6.09 Å². The number of hydrogen-bond acceptors (Lipinski definition) is 4. The van der Waals surface area contributed by atoms with Gasteiger partial charge in [0.2, 0.25) is 0 Å². The number of amides is 1. The van der Waals surface area contributed by atoms with Gasteiger partial charge in [-0.3, -0.25) is 0 Å². The molecule has 0 aromatic carbocycles. The van der Waals surface area contributed by atoms with Crippen molar-refractivity contribution in [3.63, 3.8) is 0 Å². The Labute approximate surface area is 110 Å². The van der Waals surface area contributed by atoms with Crippen molar-refractivity contribution in [2.24, 2.45) is 0 Å². The Hall–Kier alpha value is -0.810. The van der Waals surface area contributed by atoms with Gasteiger partial charge in [0.15, 0.2) is 0 Å². The van der Waals surface area contributed by atoms with Crippen LogP contribution in [0.25, 0.3) is 0 Å². The predicted molar refractivity (Wildman–Crippen MR) is 72.7 cm³/mol. The first-order chi connectivity index (χ1) is 8.47. The highest BCUT2D eigenvalue weighted by molar-refractivity contribution is 5.67. The quantitative estimate of drug-likeness (QED) is 0.663. The smallest absolute Gasteiger partial charge is 0.407 e. The standard InChI is InChI=1S/C13H27N3O2/c1-13(2,3)18-12(17)16-10-9-15-11-5-4-7-14-8-6-11/h11,14-15H,4-10H2,1-3H3,(H,16,17). The Morgan fingerprint density at radius 3 is 2.78 bits per heavy atom. The minimum absolute atomic E-state index is 0.341. The van der Waals surface area contributed by atoms with E-state index in [0.29, 0.717) is 12.6 Å². The summed E-state index contributed by atoms with van der Waals surface area (Å²) in [6.45, 7) is 9.20. The second-order valence-electron chi connectivity index (χ2n) is 5.76. The molecule has 1 rings (SSSR count). The average molecular weight is 257 g/mol. The van der Waals surface area contributed by atoms with E-state index in [1.54, 1.807) is 0 Å². The van der Waals surface area contributed by atoms with E-state index in [-0.39, 0.29) is 6.09 Å². The van der Waals surface area contributed by atoms with Gasteiger partial charge in [-0.25, -0.2) is 4.79 Å². The Bertz CT molecular complexity index is 243. The molecule has 1 saturated heterocycles. The first-order valence-corrected chi connectivity index (χ1v) is 6.88. The molecule has 0 radical (unpaired) electrons. The van der Waals surface area contributed by atoms with Gasteiger partial charge in [0, 0.05) is 19.1 Å². The number of ether oxygens (including phenoxy) is 1. The molecule has 0 aromatic rings. The van der Waals surface area contributed by atoms with Crippen LogP contribution in [0.4, 0.5) is 4.79 Å². The van der Waals surface area contributed by atoms with E-state index in [1.807, 2.05) is 20.8 Å². The van der Waals surface area contributed by atoms with E-state index >= 15 is 0 Å². The molecule has 3 N–H and O–H groups in total. The number of alkyl carbamates (subject to hydrolysis) is 1. The van der Waals surface area contributed by atoms with Crippen molar-refractivity contribution in [2.75, 3.05) is 26.2 Å². The highest BCUT2D eigenvalue weighted by atomic mass is 16.6. The van der Waals surface area contributed by atoms with E-state index in [1.165, 1.54) is 12.8 Å². The lowest BCUT2D eigenvalue weighted by atomic mass is 10.1. The summed E-state index contributed by atoms with van der Waals surface area (Å²) < 4.78 is 5.16. The molecule has 0 aromatic heterocycles. The van der Waals surface area contributed by atoms with Crippen LogP contribution < -0.4 is 16.0 Å². The fourth-order valence-corrected chi connectivity index (χ4v) is 1.98. The highest BCUT2D eigenvalue weighted by Gasteiger charge is 2.15. The second-order valence-corrected chi connectivity index (χ2v) is 5.76. The maximum Gasteiger partial charge on any atom is 0.407 e. The summed E-state index contributed by atoms with van der Waals surface area (Å²) in [6, 6.07) is 0.570. The molecule has 1 atom stereocenters. The van der Waals surface area contributed by atoms with E-state index < -0.39 is 5.60 Å². The Morgan fingerprint density at radius 1 is 1.28 bits per heavy atom. The summed E-state index contributed by atoms with van der Waals surface area (Å²) in [7, 11) is 0. The molecule has 1 heterocycles. The zero-order chi connectivity index (χ0) is 13.4. The van der Waals surface area contributed by atoms with Crippen LogP contribution in [0.3, 0.4) is 0 Å². The fraction of sp³-hybridized carbons (Fsp3) is 0.923. The van der Waals surface area contributed by atoms with Gasteiger partial charge in [-0.2, -0.15) is 0 Å². The van der Waals surface area contributed by atoms with Gasteiger partial charge in [0.05, 0.1) is 0 Å². The van der Waals surface area contributed by atoms with Crippen LogP contribution in [0, 0.1) is 0 Å². The molecule has 1 amide bonds. The van der Waals surface area contributed by atoms with Crippen molar-refractivity contribution in [2.45, 2.75) is 51.7 Å². The lowest BCUT2D eigenvalue weighted by Gasteiger charge is -2.20. The molecule has 5 heteroatoms. The zero-order valence-electron chi connectivity index (χ0n) is 11.8. The van der Waals surface area contributed by atoms with Crippen LogP contribution in [0.5, 0.6) is 0 Å². The van der Waals surface area contributed by atoms with Crippen LogP contribution in [0.2, 0.25) is 0 Å². The molecular formula is C13H27N3O2. The van der Waals surface area contributed by atoms with Crippen molar-refractivity contribution < 1.29 is 9.53 Å². The number of rotatable bonds is 4. The summed E-state index contributed by atoms with van der Waals surface area (Å²) in [5.41, 5.74) is -0.426. The van der Waals surface area contributed by atoms with E-state index in [0.717, 1.165) is 26.1 Å². The topological polar surface area (TPSA) is 62.4 Å². The largest absolute Gasteiger partial charge is 0.444 e. The van der Waals surface area contributed by atoms with Crippen molar-refractivity contribution in [1.82, 2.24) is 16.0 Å². The molecule has 0 spiro atoms. The van der Waals surface area contributed by atoms with E-state index in [9.17, 15) is 4.79 Å². The van der Waals surface area contributed by atoms with Crippen molar-refractivity contribution in [1.29, 1.82) is 0 Å². The van der Waals surface area contributed by atoms with Crippen molar-refractivity contribution >= 4 is 6.09 Å². The summed E-state index contributed by atoms with van der Waals surface area (Å²) in [6.07, 6.45) is 3.25. The van der Waals surface area contributed by atoms with Gasteiger partial charge in [0.1, 0.15) is 5.60 Å². The third kappa shape index (κ3) is 7.50. The molecule has 18 heavy (non-hydrogen) atoms. The molecule has 1 aliphatic heterocycles. The average Bonchev–Trinajstić information content (AvgIpc) is 2.50. The van der Waals surface area contributed by atoms with Crippen LogP contribution >= 0.6 is 0 Å². The van der Waals surface area contributed by atoms with Gasteiger partial charge < -0.3 is 20.7 Å². The van der Waals surface area contributed by atoms with Crippen molar-refractivity contribution in [3.8, 4) is 0 Å². The van der Waals surface area contributed by atoms with E-state index in [4.69, 9.17) is 4.74 Å².